The lowest BCUT2D eigenvalue weighted by atomic mass is 9.98. The number of benzene rings is 2. The van der Waals surface area contributed by atoms with Crippen molar-refractivity contribution in [2.45, 2.75) is 31.3 Å². The molecule has 5 nitrogen and oxygen atoms in total. The van der Waals surface area contributed by atoms with Crippen molar-refractivity contribution >= 4 is 39.1 Å². The van der Waals surface area contributed by atoms with Gasteiger partial charge < -0.3 is 5.32 Å². The molecule has 1 atom stereocenters. The maximum atomic E-state index is 12.8. The van der Waals surface area contributed by atoms with Crippen molar-refractivity contribution in [2.24, 2.45) is 5.92 Å². The predicted octanol–water partition coefficient (Wildman–Crippen LogP) is 4.87. The van der Waals surface area contributed by atoms with Crippen molar-refractivity contribution in [1.82, 2.24) is 9.62 Å². The van der Waals surface area contributed by atoms with Gasteiger partial charge in [0.2, 0.25) is 15.9 Å². The monoisotopic (exact) mass is 508 g/mol. The minimum atomic E-state index is -4.47. The maximum Gasteiger partial charge on any atom is 0.416 e. The van der Waals surface area contributed by atoms with Gasteiger partial charge in [-0.25, -0.2) is 12.7 Å². The van der Waals surface area contributed by atoms with Gasteiger partial charge in [0.1, 0.15) is 0 Å². The van der Waals surface area contributed by atoms with Crippen molar-refractivity contribution in [3.8, 4) is 0 Å². The van der Waals surface area contributed by atoms with Crippen LogP contribution in [0.4, 0.5) is 13.2 Å². The number of carbonyl (C=O) groups excluding carboxylic acids is 1. The minimum Gasteiger partial charge on any atom is -0.352 e. The lowest BCUT2D eigenvalue weighted by molar-refractivity contribution is -0.137. The zero-order chi connectivity index (χ0) is 23.5. The Kier molecular flexibility index (Phi) is 7.75. The van der Waals surface area contributed by atoms with Crippen LogP contribution in [0.3, 0.4) is 0 Å². The third-order valence-electron chi connectivity index (χ3n) is 5.20. The van der Waals surface area contributed by atoms with Gasteiger partial charge in [-0.1, -0.05) is 41.4 Å². The molecule has 1 aliphatic heterocycles. The van der Waals surface area contributed by atoms with E-state index in [1.54, 1.807) is 6.07 Å². The summed E-state index contributed by atoms with van der Waals surface area (Å²) in [7, 11) is -3.69. The van der Waals surface area contributed by atoms with Crippen molar-refractivity contribution in [3.05, 3.63) is 69.2 Å². The first-order valence-electron chi connectivity index (χ1n) is 9.81. The average molecular weight is 509 g/mol. The number of amides is 1. The summed E-state index contributed by atoms with van der Waals surface area (Å²) < 4.78 is 65.5. The topological polar surface area (TPSA) is 66.5 Å². The van der Waals surface area contributed by atoms with Gasteiger partial charge in [-0.2, -0.15) is 13.2 Å². The number of rotatable bonds is 6. The van der Waals surface area contributed by atoms with E-state index in [4.69, 9.17) is 23.2 Å². The highest BCUT2D eigenvalue weighted by Crippen LogP contribution is 2.30. The summed E-state index contributed by atoms with van der Waals surface area (Å²) in [6, 6.07) is 9.31. The molecule has 1 amide bonds. The Morgan fingerprint density at radius 3 is 2.53 bits per heavy atom. The molecule has 2 aromatic carbocycles. The molecule has 3 rings (SSSR count). The molecule has 0 saturated carbocycles. The van der Waals surface area contributed by atoms with Crippen molar-refractivity contribution in [2.75, 3.05) is 13.1 Å². The summed E-state index contributed by atoms with van der Waals surface area (Å²) in [5, 5.41) is 3.20. The number of carbonyl (C=O) groups is 1. The average Bonchev–Trinajstić information content (AvgIpc) is 2.74. The van der Waals surface area contributed by atoms with E-state index >= 15 is 0 Å². The molecule has 1 fully saturated rings. The summed E-state index contributed by atoms with van der Waals surface area (Å²) in [6.07, 6.45) is -3.47. The van der Waals surface area contributed by atoms with Crippen LogP contribution in [0.5, 0.6) is 0 Å². The second kappa shape index (κ2) is 9.99. The molecule has 0 bridgehead atoms. The van der Waals surface area contributed by atoms with E-state index in [1.165, 1.54) is 28.6 Å². The molecule has 1 heterocycles. The third kappa shape index (κ3) is 6.37. The quantitative estimate of drug-likeness (QED) is 0.605. The number of sulfonamides is 1. The van der Waals surface area contributed by atoms with E-state index in [-0.39, 0.29) is 23.9 Å². The molecule has 0 radical (unpaired) electrons. The van der Waals surface area contributed by atoms with Crippen LogP contribution in [0, 0.1) is 5.92 Å². The number of hydrogen-bond donors (Lipinski definition) is 1. The van der Waals surface area contributed by atoms with Crippen molar-refractivity contribution in [3.63, 3.8) is 0 Å². The number of piperidine rings is 1. The summed E-state index contributed by atoms with van der Waals surface area (Å²) >= 11 is 11.8. The second-order valence-electron chi connectivity index (χ2n) is 7.62. The first-order chi connectivity index (χ1) is 15.0. The zero-order valence-corrected chi connectivity index (χ0v) is 19.2. The van der Waals surface area contributed by atoms with E-state index < -0.39 is 33.6 Å². The fraction of sp³-hybridized carbons (Fsp3) is 0.381. The van der Waals surface area contributed by atoms with Crippen LogP contribution >= 0.6 is 23.2 Å². The van der Waals surface area contributed by atoms with Gasteiger partial charge in [-0.15, -0.1) is 0 Å². The van der Waals surface area contributed by atoms with E-state index in [1.807, 2.05) is 0 Å². The fourth-order valence-corrected chi connectivity index (χ4v) is 5.45. The van der Waals surface area contributed by atoms with Crippen LogP contribution < -0.4 is 5.32 Å². The molecule has 1 aliphatic rings. The van der Waals surface area contributed by atoms with Crippen LogP contribution in [-0.4, -0.2) is 31.7 Å². The Morgan fingerprint density at radius 1 is 1.09 bits per heavy atom. The number of nitrogens with one attached hydrogen (secondary N) is 1. The molecule has 0 aromatic heterocycles. The fourth-order valence-electron chi connectivity index (χ4n) is 3.53. The summed E-state index contributed by atoms with van der Waals surface area (Å²) in [5.74, 6) is -1.25. The normalized spacial score (nSPS) is 17.8. The van der Waals surface area contributed by atoms with Gasteiger partial charge in [0.25, 0.3) is 0 Å². The molecule has 11 heteroatoms. The van der Waals surface area contributed by atoms with Crippen LogP contribution in [-0.2, 0) is 33.3 Å². The standard InChI is InChI=1S/C21H21Cl2F3N2O3S/c22-18-7-6-15(10-19(18)23)13-32(30,31)28-8-2-4-16(12-28)20(29)27-11-14-3-1-5-17(9-14)21(24,25)26/h1,3,5-7,9-10,16H,2,4,8,11-13H2,(H,27,29)/t16-/m1/s1. The van der Waals surface area contributed by atoms with E-state index in [0.717, 1.165) is 12.1 Å². The number of hydrogen-bond acceptors (Lipinski definition) is 3. The number of nitrogens with zero attached hydrogens (tertiary/aromatic N) is 1. The highest BCUT2D eigenvalue weighted by Gasteiger charge is 2.33. The predicted molar refractivity (Wildman–Crippen MR) is 117 cm³/mol. The van der Waals surface area contributed by atoms with E-state index in [2.05, 4.69) is 5.32 Å². The second-order valence-corrected chi connectivity index (χ2v) is 10.4. The summed E-state index contributed by atoms with van der Waals surface area (Å²) in [5.41, 5.74) is 0.00471. The first-order valence-corrected chi connectivity index (χ1v) is 12.2. The van der Waals surface area contributed by atoms with Gasteiger partial charge in [0.05, 0.1) is 27.3 Å². The van der Waals surface area contributed by atoms with Crippen molar-refractivity contribution < 1.29 is 26.4 Å². The van der Waals surface area contributed by atoms with Crippen LogP contribution in [0.25, 0.3) is 0 Å². The van der Waals surface area contributed by atoms with E-state index in [9.17, 15) is 26.4 Å². The summed E-state index contributed by atoms with van der Waals surface area (Å²) in [6.45, 7) is 0.231. The van der Waals surface area contributed by atoms with Crippen LogP contribution in [0.15, 0.2) is 42.5 Å². The Hall–Kier alpha value is -1.81. The van der Waals surface area contributed by atoms with Gasteiger partial charge in [0.15, 0.2) is 0 Å². The minimum absolute atomic E-state index is 0.0120. The smallest absolute Gasteiger partial charge is 0.352 e. The molecule has 0 unspecified atom stereocenters. The zero-order valence-electron chi connectivity index (χ0n) is 16.8. The van der Waals surface area contributed by atoms with Gasteiger partial charge in [0, 0.05) is 19.6 Å². The summed E-state index contributed by atoms with van der Waals surface area (Å²) in [4.78, 5) is 12.6. The van der Waals surface area contributed by atoms with Gasteiger partial charge in [-0.3, -0.25) is 4.79 Å². The molecule has 1 N–H and O–H groups in total. The lowest BCUT2D eigenvalue weighted by Crippen LogP contribution is -2.45. The molecular weight excluding hydrogens is 488 g/mol. The van der Waals surface area contributed by atoms with Crippen molar-refractivity contribution in [1.29, 1.82) is 0 Å². The number of alkyl halides is 3. The van der Waals surface area contributed by atoms with Crippen LogP contribution in [0.1, 0.15) is 29.5 Å². The lowest BCUT2D eigenvalue weighted by Gasteiger charge is -2.31. The van der Waals surface area contributed by atoms with E-state index in [0.29, 0.717) is 35.5 Å². The first kappa shape index (κ1) is 24.8. The number of halogens is 5. The molecule has 174 valence electrons. The SMILES string of the molecule is O=C(NCc1cccc(C(F)(F)F)c1)[C@@H]1CCCN(S(=O)(=O)Cc2ccc(Cl)c(Cl)c2)C1. The molecule has 0 aliphatic carbocycles. The van der Waals surface area contributed by atoms with Gasteiger partial charge >= 0.3 is 6.18 Å². The van der Waals surface area contributed by atoms with Gasteiger partial charge in [-0.05, 0) is 48.2 Å². The molecular formula is C21H21Cl2F3N2O3S. The highest BCUT2D eigenvalue weighted by atomic mass is 35.5. The Balaban J connectivity index is 1.61. The maximum absolute atomic E-state index is 12.8. The molecule has 32 heavy (non-hydrogen) atoms. The largest absolute Gasteiger partial charge is 0.416 e. The molecule has 1 saturated heterocycles. The highest BCUT2D eigenvalue weighted by molar-refractivity contribution is 7.88. The third-order valence-corrected chi connectivity index (χ3v) is 7.76. The van der Waals surface area contributed by atoms with Crippen LogP contribution in [0.2, 0.25) is 10.0 Å². The molecule has 0 spiro atoms. The molecule has 2 aromatic rings. The Bertz CT molecular complexity index is 1090. The Labute approximate surface area is 194 Å². The Morgan fingerprint density at radius 2 is 1.84 bits per heavy atom.